The van der Waals surface area contributed by atoms with Crippen LogP contribution in [-0.4, -0.2) is 41.0 Å². The zero-order chi connectivity index (χ0) is 24.9. The molecule has 1 N–H and O–H groups in total. The summed E-state index contributed by atoms with van der Waals surface area (Å²) < 4.78 is 19.2. The van der Waals surface area contributed by atoms with Crippen molar-refractivity contribution in [1.29, 1.82) is 0 Å². The van der Waals surface area contributed by atoms with Gasteiger partial charge >= 0.3 is 5.97 Å². The number of nitrogens with zero attached hydrogens (tertiary/aromatic N) is 2. The van der Waals surface area contributed by atoms with Crippen molar-refractivity contribution in [3.63, 3.8) is 0 Å². The van der Waals surface area contributed by atoms with Gasteiger partial charge in [0, 0.05) is 34.5 Å². The van der Waals surface area contributed by atoms with Gasteiger partial charge in [-0.2, -0.15) is 0 Å². The van der Waals surface area contributed by atoms with E-state index in [1.807, 2.05) is 49.5 Å². The minimum atomic E-state index is -0.859. The number of benzene rings is 2. The second kappa shape index (κ2) is 10.8. The van der Waals surface area contributed by atoms with Crippen molar-refractivity contribution >= 4 is 28.2 Å². The zero-order valence-corrected chi connectivity index (χ0v) is 21.2. The van der Waals surface area contributed by atoms with Crippen molar-refractivity contribution in [2.24, 2.45) is 0 Å². The van der Waals surface area contributed by atoms with Gasteiger partial charge in [-0.25, -0.2) is 9.78 Å². The van der Waals surface area contributed by atoms with Gasteiger partial charge in [-0.15, -0.1) is 11.3 Å². The third kappa shape index (κ3) is 5.43. The molecule has 0 saturated heterocycles. The van der Waals surface area contributed by atoms with Crippen molar-refractivity contribution in [3.05, 3.63) is 59.2 Å². The van der Waals surface area contributed by atoms with Crippen LogP contribution in [0.15, 0.2) is 48.0 Å². The molecule has 0 saturated carbocycles. The van der Waals surface area contributed by atoms with Gasteiger partial charge in [0.15, 0.2) is 11.5 Å². The molecule has 4 aromatic rings. The van der Waals surface area contributed by atoms with Gasteiger partial charge in [-0.1, -0.05) is 6.92 Å². The minimum absolute atomic E-state index is 0.487. The Labute approximate surface area is 208 Å². The lowest BCUT2D eigenvalue weighted by atomic mass is 10.2. The quantitative estimate of drug-likeness (QED) is 0.252. The summed E-state index contributed by atoms with van der Waals surface area (Å²) in [4.78, 5) is 16.0. The summed E-state index contributed by atoms with van der Waals surface area (Å²) in [6, 6.07) is 11.0. The molecule has 0 fully saturated rings. The molecule has 1 unspecified atom stereocenters. The largest absolute Gasteiger partial charge is 0.493 e. The SMILES string of the molecule is CCc1csc(-c2ccc(OCCCOc3ccc4c(c3)c(C)cn4C(C)C(=O)O)c(OC)c2)n1. The number of carboxylic acid groups (broad SMARTS) is 1. The Morgan fingerprint density at radius 3 is 2.66 bits per heavy atom. The molecule has 2 heterocycles. The van der Waals surface area contributed by atoms with Crippen LogP contribution in [0.25, 0.3) is 21.5 Å². The highest BCUT2D eigenvalue weighted by molar-refractivity contribution is 7.13. The normalized spacial score (nSPS) is 12.0. The van der Waals surface area contributed by atoms with E-state index in [0.717, 1.165) is 44.9 Å². The fourth-order valence-electron chi connectivity index (χ4n) is 3.89. The Balaban J connectivity index is 1.33. The van der Waals surface area contributed by atoms with Crippen LogP contribution in [-0.2, 0) is 11.2 Å². The lowest BCUT2D eigenvalue weighted by molar-refractivity contribution is -0.140. The zero-order valence-electron chi connectivity index (χ0n) is 20.4. The van der Waals surface area contributed by atoms with Crippen LogP contribution in [0.1, 0.15) is 37.6 Å². The van der Waals surface area contributed by atoms with E-state index in [2.05, 4.69) is 17.3 Å². The average Bonchev–Trinajstić information content (AvgIpc) is 3.48. The Kier molecular flexibility index (Phi) is 7.60. The molecular weight excluding hydrogens is 464 g/mol. The summed E-state index contributed by atoms with van der Waals surface area (Å²) >= 11 is 1.63. The third-order valence-electron chi connectivity index (χ3n) is 5.92. The molecule has 0 bridgehead atoms. The van der Waals surface area contributed by atoms with Crippen molar-refractivity contribution in [1.82, 2.24) is 9.55 Å². The predicted molar refractivity (Wildman–Crippen MR) is 138 cm³/mol. The van der Waals surface area contributed by atoms with Gasteiger partial charge in [0.05, 0.1) is 26.0 Å². The van der Waals surface area contributed by atoms with E-state index in [-0.39, 0.29) is 0 Å². The van der Waals surface area contributed by atoms with E-state index >= 15 is 0 Å². The third-order valence-corrected chi connectivity index (χ3v) is 6.86. The fraction of sp³-hybridized carbons (Fsp3) is 0.333. The van der Waals surface area contributed by atoms with E-state index < -0.39 is 12.0 Å². The monoisotopic (exact) mass is 494 g/mol. The number of hydrogen-bond donors (Lipinski definition) is 1. The first-order chi connectivity index (χ1) is 16.9. The first-order valence-corrected chi connectivity index (χ1v) is 12.5. The summed E-state index contributed by atoms with van der Waals surface area (Å²) in [5.74, 6) is 1.26. The molecule has 8 heteroatoms. The number of ether oxygens (including phenoxy) is 3. The minimum Gasteiger partial charge on any atom is -0.493 e. The maximum absolute atomic E-state index is 11.4. The number of fused-ring (bicyclic) bond motifs is 1. The maximum atomic E-state index is 11.4. The number of aryl methyl sites for hydroxylation is 2. The fourth-order valence-corrected chi connectivity index (χ4v) is 4.79. The number of aromatic nitrogens is 2. The Morgan fingerprint density at radius 2 is 1.94 bits per heavy atom. The molecular formula is C27H30N2O5S. The summed E-state index contributed by atoms with van der Waals surface area (Å²) in [5, 5.41) is 13.4. The van der Waals surface area contributed by atoms with Gasteiger partial charge in [0.2, 0.25) is 0 Å². The number of thiazole rings is 1. The predicted octanol–water partition coefficient (Wildman–Crippen LogP) is 6.14. The van der Waals surface area contributed by atoms with Crippen LogP contribution in [0.3, 0.4) is 0 Å². The second-order valence-corrected chi connectivity index (χ2v) is 9.18. The van der Waals surface area contributed by atoms with Crippen LogP contribution < -0.4 is 14.2 Å². The van der Waals surface area contributed by atoms with Gasteiger partial charge in [-0.3, -0.25) is 0 Å². The average molecular weight is 495 g/mol. The lowest BCUT2D eigenvalue weighted by Gasteiger charge is -2.13. The molecule has 184 valence electrons. The summed E-state index contributed by atoms with van der Waals surface area (Å²) in [6.45, 7) is 6.73. The number of methoxy groups -OCH3 is 1. The lowest BCUT2D eigenvalue weighted by Crippen LogP contribution is -2.14. The van der Waals surface area contributed by atoms with E-state index in [9.17, 15) is 9.90 Å². The molecule has 0 aliphatic heterocycles. The van der Waals surface area contributed by atoms with Gasteiger partial charge in [-0.05, 0) is 62.2 Å². The number of carboxylic acids is 1. The maximum Gasteiger partial charge on any atom is 0.326 e. The molecule has 2 aromatic carbocycles. The van der Waals surface area contributed by atoms with Crippen LogP contribution in [0.4, 0.5) is 0 Å². The molecule has 2 aromatic heterocycles. The van der Waals surface area contributed by atoms with Crippen molar-refractivity contribution < 1.29 is 24.1 Å². The molecule has 0 aliphatic rings. The number of rotatable bonds is 11. The molecule has 0 aliphatic carbocycles. The Bertz CT molecular complexity index is 1330. The van der Waals surface area contributed by atoms with Gasteiger partial charge < -0.3 is 23.9 Å². The highest BCUT2D eigenvalue weighted by atomic mass is 32.1. The Morgan fingerprint density at radius 1 is 1.14 bits per heavy atom. The first-order valence-electron chi connectivity index (χ1n) is 11.6. The van der Waals surface area contributed by atoms with Gasteiger partial charge in [0.25, 0.3) is 0 Å². The van der Waals surface area contributed by atoms with Crippen LogP contribution in [0.2, 0.25) is 0 Å². The van der Waals surface area contributed by atoms with E-state index in [1.54, 1.807) is 29.9 Å². The van der Waals surface area contributed by atoms with Crippen molar-refractivity contribution in [2.75, 3.05) is 20.3 Å². The Hall–Kier alpha value is -3.52. The van der Waals surface area contributed by atoms with Crippen LogP contribution in [0.5, 0.6) is 17.2 Å². The first kappa shape index (κ1) is 24.6. The van der Waals surface area contributed by atoms with Crippen molar-refractivity contribution in [2.45, 2.75) is 39.7 Å². The van der Waals surface area contributed by atoms with Crippen molar-refractivity contribution in [3.8, 4) is 27.8 Å². The summed E-state index contributed by atoms with van der Waals surface area (Å²) in [7, 11) is 1.64. The molecule has 7 nitrogen and oxygen atoms in total. The molecule has 35 heavy (non-hydrogen) atoms. The molecule has 1 atom stereocenters. The molecule has 0 amide bonds. The van der Waals surface area contributed by atoms with Crippen LogP contribution in [0, 0.1) is 6.92 Å². The van der Waals surface area contributed by atoms with E-state index in [1.165, 1.54) is 0 Å². The molecule has 4 rings (SSSR count). The van der Waals surface area contributed by atoms with Gasteiger partial charge in [0.1, 0.15) is 16.8 Å². The number of aliphatic carboxylic acids is 1. The summed E-state index contributed by atoms with van der Waals surface area (Å²) in [5.41, 5.74) is 4.00. The highest BCUT2D eigenvalue weighted by Gasteiger charge is 2.17. The molecule has 0 radical (unpaired) electrons. The molecule has 0 spiro atoms. The topological polar surface area (TPSA) is 82.8 Å². The second-order valence-electron chi connectivity index (χ2n) is 8.33. The smallest absolute Gasteiger partial charge is 0.326 e. The summed E-state index contributed by atoms with van der Waals surface area (Å²) in [6.07, 6.45) is 3.49. The number of carbonyl (C=O) groups is 1. The van der Waals surface area contributed by atoms with E-state index in [0.29, 0.717) is 31.1 Å². The number of hydrogen-bond acceptors (Lipinski definition) is 6. The van der Waals surface area contributed by atoms with Crippen LogP contribution >= 0.6 is 11.3 Å². The highest BCUT2D eigenvalue weighted by Crippen LogP contribution is 2.34. The van der Waals surface area contributed by atoms with E-state index in [4.69, 9.17) is 14.2 Å². The standard InChI is InChI=1S/C27H30N2O5S/c1-5-20-16-35-26(28-20)19-7-10-24(25(13-19)32-4)34-12-6-11-33-21-8-9-23-22(14-21)17(2)15-29(23)18(3)27(30)31/h7-10,13-16,18H,5-6,11-12H2,1-4H3,(H,30,31).